The van der Waals surface area contributed by atoms with Crippen molar-refractivity contribution in [3.63, 3.8) is 0 Å². The monoisotopic (exact) mass is 382 g/mol. The number of methoxy groups -OCH3 is 1. The van der Waals surface area contributed by atoms with Gasteiger partial charge in [0.15, 0.2) is 11.5 Å². The highest BCUT2D eigenvalue weighted by atomic mass is 16.5. The zero-order chi connectivity index (χ0) is 19.8. The Morgan fingerprint density at radius 1 is 1.18 bits per heavy atom. The van der Waals surface area contributed by atoms with Gasteiger partial charge in [0.2, 0.25) is 5.91 Å². The Bertz CT molecular complexity index is 800. The Morgan fingerprint density at radius 2 is 1.93 bits per heavy atom. The molecule has 6 heteroatoms. The molecule has 0 atom stereocenters. The summed E-state index contributed by atoms with van der Waals surface area (Å²) >= 11 is 0. The molecule has 2 heterocycles. The molecule has 2 aromatic rings. The minimum absolute atomic E-state index is 0.0525. The van der Waals surface area contributed by atoms with Gasteiger partial charge in [0.1, 0.15) is 6.54 Å². The lowest BCUT2D eigenvalue weighted by Crippen LogP contribution is -3.13. The van der Waals surface area contributed by atoms with E-state index in [-0.39, 0.29) is 5.91 Å². The van der Waals surface area contributed by atoms with E-state index >= 15 is 0 Å². The number of nitrogens with one attached hydrogen (secondary N) is 1. The number of carbonyl (C=O) groups excluding carboxylic acids is 1. The Morgan fingerprint density at radius 3 is 2.61 bits per heavy atom. The topological polar surface area (TPSA) is 56.1 Å². The van der Waals surface area contributed by atoms with Crippen LogP contribution in [0.25, 0.3) is 6.08 Å². The van der Waals surface area contributed by atoms with Crippen LogP contribution in [0, 0.1) is 0 Å². The van der Waals surface area contributed by atoms with Gasteiger partial charge in [-0.15, -0.1) is 0 Å². The molecule has 1 amide bonds. The van der Waals surface area contributed by atoms with Crippen molar-refractivity contribution in [2.45, 2.75) is 13.5 Å². The number of ether oxygens (including phenoxy) is 2. The molecule has 1 aliphatic heterocycles. The quantitative estimate of drug-likeness (QED) is 0.736. The van der Waals surface area contributed by atoms with Crippen molar-refractivity contribution in [3.05, 3.63) is 59.9 Å². The largest absolute Gasteiger partial charge is 0.493 e. The van der Waals surface area contributed by atoms with E-state index in [0.717, 1.165) is 38.3 Å². The van der Waals surface area contributed by atoms with Gasteiger partial charge in [0, 0.05) is 24.0 Å². The second-order valence-corrected chi connectivity index (χ2v) is 6.78. The van der Waals surface area contributed by atoms with Crippen molar-refractivity contribution in [1.29, 1.82) is 0 Å². The van der Waals surface area contributed by atoms with Gasteiger partial charge in [0.05, 0.1) is 39.9 Å². The molecule has 0 aliphatic carbocycles. The summed E-state index contributed by atoms with van der Waals surface area (Å²) in [6.07, 6.45) is 7.14. The van der Waals surface area contributed by atoms with Gasteiger partial charge in [-0.25, -0.2) is 0 Å². The molecule has 148 valence electrons. The van der Waals surface area contributed by atoms with Gasteiger partial charge >= 0.3 is 0 Å². The third kappa shape index (κ3) is 5.33. The van der Waals surface area contributed by atoms with Crippen molar-refractivity contribution in [1.82, 2.24) is 9.88 Å². The molecule has 0 unspecified atom stereocenters. The average Bonchev–Trinajstić information content (AvgIpc) is 2.74. The summed E-state index contributed by atoms with van der Waals surface area (Å²) in [7, 11) is 1.62. The molecule has 28 heavy (non-hydrogen) atoms. The number of hydrogen-bond acceptors (Lipinski definition) is 4. The fraction of sp³-hybridized carbons (Fsp3) is 0.364. The van der Waals surface area contributed by atoms with Crippen LogP contribution in [0.15, 0.2) is 48.8 Å². The normalized spacial score (nSPS) is 15.0. The summed E-state index contributed by atoms with van der Waals surface area (Å²) in [5.41, 5.74) is 2.20. The van der Waals surface area contributed by atoms with E-state index in [1.807, 2.05) is 48.5 Å². The summed E-state index contributed by atoms with van der Waals surface area (Å²) in [4.78, 5) is 20.0. The van der Waals surface area contributed by atoms with Crippen LogP contribution in [0.5, 0.6) is 11.5 Å². The van der Waals surface area contributed by atoms with E-state index in [1.54, 1.807) is 13.2 Å². The highest BCUT2D eigenvalue weighted by molar-refractivity contribution is 5.91. The van der Waals surface area contributed by atoms with Crippen molar-refractivity contribution in [3.8, 4) is 11.5 Å². The smallest absolute Gasteiger partial charge is 0.246 e. The fourth-order valence-corrected chi connectivity index (χ4v) is 3.35. The number of aromatic nitrogens is 1. The van der Waals surface area contributed by atoms with E-state index in [0.29, 0.717) is 18.1 Å². The number of quaternary nitrogens is 1. The SMILES string of the molecule is CCOc1cc(/C=C/C(=O)N2CC[NH+](Cc3ccncc3)CC2)ccc1OC. The lowest BCUT2D eigenvalue weighted by Gasteiger charge is -2.31. The second-order valence-electron chi connectivity index (χ2n) is 6.78. The lowest BCUT2D eigenvalue weighted by molar-refractivity contribution is -0.917. The van der Waals surface area contributed by atoms with Crippen LogP contribution in [-0.4, -0.2) is 55.7 Å². The van der Waals surface area contributed by atoms with Crippen LogP contribution in [0.4, 0.5) is 0 Å². The molecule has 0 saturated carbocycles. The number of carbonyl (C=O) groups is 1. The minimum atomic E-state index is 0.0525. The van der Waals surface area contributed by atoms with Gasteiger partial charge in [-0.05, 0) is 42.8 Å². The third-order valence-corrected chi connectivity index (χ3v) is 4.89. The number of amides is 1. The van der Waals surface area contributed by atoms with Crippen LogP contribution in [0.2, 0.25) is 0 Å². The highest BCUT2D eigenvalue weighted by Gasteiger charge is 2.22. The standard InChI is InChI=1S/C22H27N3O3/c1-3-28-21-16-18(4-6-20(21)27-2)5-7-22(26)25-14-12-24(13-15-25)17-19-8-10-23-11-9-19/h4-11,16H,3,12-15,17H2,1-2H3/p+1/b7-5+. The van der Waals surface area contributed by atoms with Crippen molar-refractivity contribution >= 4 is 12.0 Å². The first-order chi connectivity index (χ1) is 13.7. The molecule has 0 radical (unpaired) electrons. The molecule has 0 bridgehead atoms. The lowest BCUT2D eigenvalue weighted by atomic mass is 10.1. The second kappa shape index (κ2) is 9.90. The van der Waals surface area contributed by atoms with Gasteiger partial charge in [-0.1, -0.05) is 6.07 Å². The first-order valence-electron chi connectivity index (χ1n) is 9.70. The zero-order valence-corrected chi connectivity index (χ0v) is 16.6. The van der Waals surface area contributed by atoms with Crippen molar-refractivity contribution in [2.24, 2.45) is 0 Å². The predicted octanol–water partition coefficient (Wildman–Crippen LogP) is 1.43. The Kier molecular flexibility index (Phi) is 7.03. The number of hydrogen-bond donors (Lipinski definition) is 1. The number of piperazine rings is 1. The van der Waals surface area contributed by atoms with E-state index in [2.05, 4.69) is 17.1 Å². The number of rotatable bonds is 7. The van der Waals surface area contributed by atoms with Gasteiger partial charge in [-0.3, -0.25) is 9.78 Å². The first-order valence-corrected chi connectivity index (χ1v) is 9.70. The summed E-state index contributed by atoms with van der Waals surface area (Å²) in [6, 6.07) is 9.78. The maximum atomic E-state index is 12.5. The molecular weight excluding hydrogens is 354 g/mol. The van der Waals surface area contributed by atoms with E-state index in [4.69, 9.17) is 9.47 Å². The third-order valence-electron chi connectivity index (χ3n) is 4.89. The van der Waals surface area contributed by atoms with Gasteiger partial charge < -0.3 is 19.3 Å². The maximum absolute atomic E-state index is 12.5. The Labute approximate surface area is 166 Å². The molecule has 0 spiro atoms. The molecule has 3 rings (SSSR count). The molecule has 6 nitrogen and oxygen atoms in total. The molecule has 1 aliphatic rings. The molecule has 1 fully saturated rings. The van der Waals surface area contributed by atoms with E-state index < -0.39 is 0 Å². The first kappa shape index (κ1) is 19.9. The summed E-state index contributed by atoms with van der Waals surface area (Å²) < 4.78 is 10.9. The molecule has 1 aromatic carbocycles. The van der Waals surface area contributed by atoms with Gasteiger partial charge in [0.25, 0.3) is 0 Å². The molecule has 1 N–H and O–H groups in total. The average molecular weight is 382 g/mol. The number of benzene rings is 1. The summed E-state index contributed by atoms with van der Waals surface area (Å²) in [5, 5.41) is 0. The zero-order valence-electron chi connectivity index (χ0n) is 16.6. The van der Waals surface area contributed by atoms with Crippen LogP contribution < -0.4 is 14.4 Å². The maximum Gasteiger partial charge on any atom is 0.246 e. The summed E-state index contributed by atoms with van der Waals surface area (Å²) in [6.45, 7) is 6.94. The van der Waals surface area contributed by atoms with E-state index in [1.165, 1.54) is 10.5 Å². The van der Waals surface area contributed by atoms with Crippen molar-refractivity contribution in [2.75, 3.05) is 39.9 Å². The van der Waals surface area contributed by atoms with Crippen LogP contribution in [-0.2, 0) is 11.3 Å². The molecule has 1 aromatic heterocycles. The van der Waals surface area contributed by atoms with E-state index in [9.17, 15) is 4.79 Å². The van der Waals surface area contributed by atoms with Crippen LogP contribution in [0.1, 0.15) is 18.1 Å². The van der Waals surface area contributed by atoms with Crippen LogP contribution >= 0.6 is 0 Å². The summed E-state index contributed by atoms with van der Waals surface area (Å²) in [5.74, 6) is 1.43. The molecule has 1 saturated heterocycles. The number of nitrogens with zero attached hydrogens (tertiary/aromatic N) is 2. The Hall–Kier alpha value is -2.86. The van der Waals surface area contributed by atoms with Crippen LogP contribution in [0.3, 0.4) is 0 Å². The predicted molar refractivity (Wildman–Crippen MR) is 108 cm³/mol. The minimum Gasteiger partial charge on any atom is -0.493 e. The fourth-order valence-electron chi connectivity index (χ4n) is 3.35. The van der Waals surface area contributed by atoms with Gasteiger partial charge in [-0.2, -0.15) is 0 Å². The number of pyridine rings is 1. The van der Waals surface area contributed by atoms with Crippen molar-refractivity contribution < 1.29 is 19.2 Å². The Balaban J connectivity index is 1.53. The highest BCUT2D eigenvalue weighted by Crippen LogP contribution is 2.28. The molecular formula is C22H28N3O3+.